The predicted molar refractivity (Wildman–Crippen MR) is 52.5 cm³/mol. The maximum absolute atomic E-state index is 10.7. The summed E-state index contributed by atoms with van der Waals surface area (Å²) in [6, 6.07) is 5.03. The molecule has 0 amide bonds. The van der Waals surface area contributed by atoms with Crippen LogP contribution in [-0.2, 0) is 0 Å². The van der Waals surface area contributed by atoms with Crippen molar-refractivity contribution in [2.75, 3.05) is 18.0 Å². The van der Waals surface area contributed by atoms with Crippen molar-refractivity contribution in [1.82, 2.24) is 4.98 Å². The van der Waals surface area contributed by atoms with E-state index in [1.54, 1.807) is 6.07 Å². The fourth-order valence-corrected chi connectivity index (χ4v) is 1.38. The SMILES string of the molecule is O=C(O)c1cccc(N2CC=CC2)n1. The summed E-state index contributed by atoms with van der Waals surface area (Å²) in [4.78, 5) is 16.7. The van der Waals surface area contributed by atoms with Crippen LogP contribution in [0.1, 0.15) is 10.5 Å². The fraction of sp³-hybridized carbons (Fsp3) is 0.200. The van der Waals surface area contributed by atoms with E-state index in [0.717, 1.165) is 18.9 Å². The van der Waals surface area contributed by atoms with Gasteiger partial charge in [-0.2, -0.15) is 0 Å². The second-order valence-corrected chi connectivity index (χ2v) is 3.06. The number of pyridine rings is 1. The molecule has 2 rings (SSSR count). The van der Waals surface area contributed by atoms with Gasteiger partial charge in [-0.25, -0.2) is 9.78 Å². The third-order valence-corrected chi connectivity index (χ3v) is 2.10. The summed E-state index contributed by atoms with van der Waals surface area (Å²) in [5, 5.41) is 8.76. The Kier molecular flexibility index (Phi) is 2.18. The molecule has 0 spiro atoms. The van der Waals surface area contributed by atoms with Gasteiger partial charge in [0.1, 0.15) is 5.82 Å². The van der Waals surface area contributed by atoms with E-state index in [1.807, 2.05) is 23.1 Å². The van der Waals surface area contributed by atoms with Gasteiger partial charge in [-0.3, -0.25) is 0 Å². The van der Waals surface area contributed by atoms with Crippen LogP contribution in [0.5, 0.6) is 0 Å². The minimum atomic E-state index is -0.987. The van der Waals surface area contributed by atoms with E-state index >= 15 is 0 Å². The number of carboxylic acids is 1. The molecule has 0 atom stereocenters. The minimum Gasteiger partial charge on any atom is -0.477 e. The predicted octanol–water partition coefficient (Wildman–Crippen LogP) is 1.16. The molecule has 0 aromatic carbocycles. The Labute approximate surface area is 81.5 Å². The van der Waals surface area contributed by atoms with Gasteiger partial charge in [-0.1, -0.05) is 18.2 Å². The normalized spacial score (nSPS) is 14.7. The molecule has 4 nitrogen and oxygen atoms in total. The lowest BCUT2D eigenvalue weighted by Crippen LogP contribution is -2.20. The Morgan fingerprint density at radius 3 is 2.71 bits per heavy atom. The molecule has 0 fully saturated rings. The van der Waals surface area contributed by atoms with Crippen LogP contribution in [0.4, 0.5) is 5.82 Å². The highest BCUT2D eigenvalue weighted by Gasteiger charge is 2.11. The summed E-state index contributed by atoms with van der Waals surface area (Å²) in [6.45, 7) is 1.60. The zero-order chi connectivity index (χ0) is 9.97. The van der Waals surface area contributed by atoms with E-state index in [-0.39, 0.29) is 5.69 Å². The lowest BCUT2D eigenvalue weighted by atomic mass is 10.3. The average molecular weight is 190 g/mol. The van der Waals surface area contributed by atoms with Crippen LogP contribution >= 0.6 is 0 Å². The molecule has 1 aliphatic rings. The quantitative estimate of drug-likeness (QED) is 0.711. The molecule has 1 aromatic heterocycles. The first-order chi connectivity index (χ1) is 6.77. The van der Waals surface area contributed by atoms with Crippen LogP contribution in [0.25, 0.3) is 0 Å². The molecule has 72 valence electrons. The standard InChI is InChI=1S/C10H10N2O2/c13-10(14)8-4-3-5-9(11-8)12-6-1-2-7-12/h1-5H,6-7H2,(H,13,14). The number of nitrogens with zero attached hydrogens (tertiary/aromatic N) is 2. The van der Waals surface area contributed by atoms with Gasteiger partial charge >= 0.3 is 5.97 Å². The second kappa shape index (κ2) is 3.49. The largest absolute Gasteiger partial charge is 0.477 e. The minimum absolute atomic E-state index is 0.0920. The summed E-state index contributed by atoms with van der Waals surface area (Å²) in [5.41, 5.74) is 0.0920. The van der Waals surface area contributed by atoms with Crippen molar-refractivity contribution in [3.63, 3.8) is 0 Å². The van der Waals surface area contributed by atoms with E-state index in [0.29, 0.717) is 0 Å². The molecule has 1 aliphatic heterocycles. The monoisotopic (exact) mass is 190 g/mol. The third-order valence-electron chi connectivity index (χ3n) is 2.10. The van der Waals surface area contributed by atoms with Crippen LogP contribution in [0.2, 0.25) is 0 Å². The zero-order valence-electron chi connectivity index (χ0n) is 7.55. The molecule has 4 heteroatoms. The van der Waals surface area contributed by atoms with Gasteiger partial charge < -0.3 is 10.0 Å². The number of carboxylic acid groups (broad SMARTS) is 1. The van der Waals surface area contributed by atoms with Crippen molar-refractivity contribution in [3.05, 3.63) is 36.0 Å². The Bertz CT molecular complexity index is 379. The fourth-order valence-electron chi connectivity index (χ4n) is 1.38. The van der Waals surface area contributed by atoms with Crippen molar-refractivity contribution in [1.29, 1.82) is 0 Å². The second-order valence-electron chi connectivity index (χ2n) is 3.06. The van der Waals surface area contributed by atoms with Gasteiger partial charge in [0.2, 0.25) is 0 Å². The van der Waals surface area contributed by atoms with Gasteiger partial charge in [0.15, 0.2) is 5.69 Å². The summed E-state index contributed by atoms with van der Waals surface area (Å²) in [5.74, 6) is -0.270. The summed E-state index contributed by atoms with van der Waals surface area (Å²) >= 11 is 0. The first-order valence-corrected chi connectivity index (χ1v) is 4.37. The Hall–Kier alpha value is -1.84. The number of aromatic carboxylic acids is 1. The van der Waals surface area contributed by atoms with Crippen molar-refractivity contribution < 1.29 is 9.90 Å². The summed E-state index contributed by atoms with van der Waals surface area (Å²) in [6.07, 6.45) is 4.07. The number of anilines is 1. The topological polar surface area (TPSA) is 53.4 Å². The number of aromatic nitrogens is 1. The molecule has 0 saturated heterocycles. The van der Waals surface area contributed by atoms with E-state index in [1.165, 1.54) is 6.07 Å². The van der Waals surface area contributed by atoms with Crippen LogP contribution in [-0.4, -0.2) is 29.1 Å². The first kappa shape index (κ1) is 8.74. The van der Waals surface area contributed by atoms with Crippen molar-refractivity contribution in [3.8, 4) is 0 Å². The van der Waals surface area contributed by atoms with Crippen LogP contribution < -0.4 is 4.90 Å². The summed E-state index contributed by atoms with van der Waals surface area (Å²) < 4.78 is 0. The van der Waals surface area contributed by atoms with E-state index in [2.05, 4.69) is 4.98 Å². The maximum Gasteiger partial charge on any atom is 0.354 e. The van der Waals surface area contributed by atoms with Crippen molar-refractivity contribution in [2.45, 2.75) is 0 Å². The molecular weight excluding hydrogens is 180 g/mol. The van der Waals surface area contributed by atoms with Gasteiger partial charge in [-0.15, -0.1) is 0 Å². The molecule has 0 bridgehead atoms. The van der Waals surface area contributed by atoms with Crippen molar-refractivity contribution in [2.24, 2.45) is 0 Å². The van der Waals surface area contributed by atoms with E-state index in [9.17, 15) is 4.79 Å². The number of hydrogen-bond donors (Lipinski definition) is 1. The lowest BCUT2D eigenvalue weighted by molar-refractivity contribution is 0.0690. The van der Waals surface area contributed by atoms with Gasteiger partial charge in [0.25, 0.3) is 0 Å². The number of rotatable bonds is 2. The Morgan fingerprint density at radius 1 is 1.36 bits per heavy atom. The Balaban J connectivity index is 2.26. The maximum atomic E-state index is 10.7. The summed E-state index contributed by atoms with van der Waals surface area (Å²) in [7, 11) is 0. The zero-order valence-corrected chi connectivity index (χ0v) is 7.55. The third kappa shape index (κ3) is 1.59. The molecule has 2 heterocycles. The molecule has 0 aliphatic carbocycles. The molecule has 1 N–H and O–H groups in total. The molecule has 0 radical (unpaired) electrons. The molecule has 0 unspecified atom stereocenters. The van der Waals surface area contributed by atoms with Crippen LogP contribution in [0.3, 0.4) is 0 Å². The highest BCUT2D eigenvalue weighted by Crippen LogP contribution is 2.14. The highest BCUT2D eigenvalue weighted by molar-refractivity contribution is 5.85. The number of carbonyl (C=O) groups is 1. The van der Waals surface area contributed by atoms with Gasteiger partial charge in [-0.05, 0) is 12.1 Å². The number of hydrogen-bond acceptors (Lipinski definition) is 3. The molecule has 0 saturated carbocycles. The van der Waals surface area contributed by atoms with E-state index < -0.39 is 5.97 Å². The smallest absolute Gasteiger partial charge is 0.354 e. The van der Waals surface area contributed by atoms with Crippen molar-refractivity contribution >= 4 is 11.8 Å². The molecule has 14 heavy (non-hydrogen) atoms. The average Bonchev–Trinajstić information content (AvgIpc) is 2.71. The molecular formula is C10H10N2O2. The highest BCUT2D eigenvalue weighted by atomic mass is 16.4. The Morgan fingerprint density at radius 2 is 2.07 bits per heavy atom. The van der Waals surface area contributed by atoms with Crippen LogP contribution in [0, 0.1) is 0 Å². The lowest BCUT2D eigenvalue weighted by Gasteiger charge is -2.16. The first-order valence-electron chi connectivity index (χ1n) is 4.37. The van der Waals surface area contributed by atoms with E-state index in [4.69, 9.17) is 5.11 Å². The van der Waals surface area contributed by atoms with Gasteiger partial charge in [0.05, 0.1) is 0 Å². The van der Waals surface area contributed by atoms with Crippen LogP contribution in [0.15, 0.2) is 30.4 Å². The van der Waals surface area contributed by atoms with Gasteiger partial charge in [0, 0.05) is 13.1 Å². The molecule has 1 aromatic rings.